The van der Waals surface area contributed by atoms with E-state index >= 15 is 0 Å². The SMILES string of the molecule is CCSc1cccc(OCc2cccc(Cl)c2)c1C(=N)N. The first-order chi connectivity index (χ1) is 10.1. The number of hydrogen-bond acceptors (Lipinski definition) is 3. The third-order valence-corrected chi connectivity index (χ3v) is 4.02. The summed E-state index contributed by atoms with van der Waals surface area (Å²) in [7, 11) is 0. The van der Waals surface area contributed by atoms with Gasteiger partial charge in [-0.25, -0.2) is 0 Å². The van der Waals surface area contributed by atoms with Crippen LogP contribution in [0.15, 0.2) is 47.4 Å². The van der Waals surface area contributed by atoms with Crippen LogP contribution >= 0.6 is 23.4 Å². The van der Waals surface area contributed by atoms with E-state index in [1.165, 1.54) is 0 Å². The molecule has 0 aromatic heterocycles. The Bertz CT molecular complexity index is 646. The van der Waals surface area contributed by atoms with Crippen molar-refractivity contribution in [3.63, 3.8) is 0 Å². The molecule has 0 aliphatic rings. The fourth-order valence-corrected chi connectivity index (χ4v) is 3.01. The maximum absolute atomic E-state index is 7.78. The van der Waals surface area contributed by atoms with E-state index in [-0.39, 0.29) is 5.84 Å². The van der Waals surface area contributed by atoms with Crippen molar-refractivity contribution in [2.75, 3.05) is 5.75 Å². The van der Waals surface area contributed by atoms with E-state index in [1.54, 1.807) is 11.8 Å². The topological polar surface area (TPSA) is 59.1 Å². The van der Waals surface area contributed by atoms with Gasteiger partial charge >= 0.3 is 0 Å². The zero-order valence-electron chi connectivity index (χ0n) is 11.7. The highest BCUT2D eigenvalue weighted by molar-refractivity contribution is 7.99. The summed E-state index contributed by atoms with van der Waals surface area (Å²) in [6.45, 7) is 2.45. The van der Waals surface area contributed by atoms with Crippen molar-refractivity contribution in [2.24, 2.45) is 5.73 Å². The van der Waals surface area contributed by atoms with Gasteiger partial charge in [0.15, 0.2) is 0 Å². The van der Waals surface area contributed by atoms with Crippen LogP contribution in [-0.4, -0.2) is 11.6 Å². The lowest BCUT2D eigenvalue weighted by molar-refractivity contribution is 0.305. The summed E-state index contributed by atoms with van der Waals surface area (Å²) in [5.74, 6) is 1.56. The average molecular weight is 321 g/mol. The largest absolute Gasteiger partial charge is 0.488 e. The Morgan fingerprint density at radius 3 is 2.71 bits per heavy atom. The van der Waals surface area contributed by atoms with E-state index in [2.05, 4.69) is 6.92 Å². The average Bonchev–Trinajstić information content (AvgIpc) is 2.45. The Hall–Kier alpha value is -1.65. The normalized spacial score (nSPS) is 10.4. The third kappa shape index (κ3) is 4.16. The van der Waals surface area contributed by atoms with Crippen LogP contribution < -0.4 is 10.5 Å². The Kier molecular flexibility index (Phi) is 5.53. The predicted molar refractivity (Wildman–Crippen MR) is 89.6 cm³/mol. The lowest BCUT2D eigenvalue weighted by Crippen LogP contribution is -2.14. The molecule has 0 unspecified atom stereocenters. The molecule has 0 atom stereocenters. The minimum atomic E-state index is 0.0210. The fraction of sp³-hybridized carbons (Fsp3) is 0.188. The summed E-state index contributed by atoms with van der Waals surface area (Å²) in [5.41, 5.74) is 7.34. The lowest BCUT2D eigenvalue weighted by atomic mass is 10.2. The van der Waals surface area contributed by atoms with Gasteiger partial charge in [-0.15, -0.1) is 11.8 Å². The Morgan fingerprint density at radius 2 is 2.05 bits per heavy atom. The zero-order chi connectivity index (χ0) is 15.2. The van der Waals surface area contributed by atoms with Crippen LogP contribution in [0, 0.1) is 5.41 Å². The monoisotopic (exact) mass is 320 g/mol. The Balaban J connectivity index is 2.23. The number of rotatable bonds is 6. The first-order valence-corrected chi connectivity index (χ1v) is 7.95. The minimum absolute atomic E-state index is 0.0210. The zero-order valence-corrected chi connectivity index (χ0v) is 13.3. The van der Waals surface area contributed by atoms with Gasteiger partial charge in [-0.3, -0.25) is 5.41 Å². The van der Waals surface area contributed by atoms with Crippen molar-refractivity contribution in [1.29, 1.82) is 5.41 Å². The predicted octanol–water partition coefficient (Wildman–Crippen LogP) is 4.32. The molecule has 0 aliphatic carbocycles. The molecule has 0 bridgehead atoms. The number of hydrogen-bond donors (Lipinski definition) is 2. The number of nitrogen functional groups attached to an aromatic ring is 1. The van der Waals surface area contributed by atoms with Crippen molar-refractivity contribution in [3.8, 4) is 5.75 Å². The lowest BCUT2D eigenvalue weighted by Gasteiger charge is -2.14. The number of thioether (sulfide) groups is 1. The smallest absolute Gasteiger partial charge is 0.131 e. The number of nitrogens with one attached hydrogen (secondary N) is 1. The Morgan fingerprint density at radius 1 is 1.29 bits per heavy atom. The van der Waals surface area contributed by atoms with Gasteiger partial charge in [0.25, 0.3) is 0 Å². The fourth-order valence-electron chi connectivity index (χ4n) is 1.96. The molecule has 0 aliphatic heterocycles. The molecule has 0 fully saturated rings. The maximum atomic E-state index is 7.78. The standard InChI is InChI=1S/C16H17ClN2OS/c1-2-21-14-8-4-7-13(15(14)16(18)19)20-10-11-5-3-6-12(17)9-11/h3-9H,2,10H2,1H3,(H3,18,19). The molecule has 0 amide bonds. The summed E-state index contributed by atoms with van der Waals surface area (Å²) in [6, 6.07) is 13.2. The van der Waals surface area contributed by atoms with Gasteiger partial charge in [-0.1, -0.05) is 36.7 Å². The molecule has 21 heavy (non-hydrogen) atoms. The van der Waals surface area contributed by atoms with Gasteiger partial charge in [0.2, 0.25) is 0 Å². The number of amidine groups is 1. The maximum Gasteiger partial charge on any atom is 0.131 e. The van der Waals surface area contributed by atoms with Crippen LogP contribution in [-0.2, 0) is 6.61 Å². The second kappa shape index (κ2) is 7.38. The molecule has 110 valence electrons. The van der Waals surface area contributed by atoms with Gasteiger partial charge in [0, 0.05) is 9.92 Å². The molecule has 3 N–H and O–H groups in total. The first kappa shape index (κ1) is 15.7. The molecule has 5 heteroatoms. The molecule has 2 aromatic rings. The summed E-state index contributed by atoms with van der Waals surface area (Å²) in [4.78, 5) is 0.966. The van der Waals surface area contributed by atoms with E-state index in [9.17, 15) is 0 Å². The van der Waals surface area contributed by atoms with Crippen molar-refractivity contribution in [2.45, 2.75) is 18.4 Å². The van der Waals surface area contributed by atoms with Crippen molar-refractivity contribution >= 4 is 29.2 Å². The van der Waals surface area contributed by atoms with Crippen LogP contribution in [0.3, 0.4) is 0 Å². The number of halogens is 1. The van der Waals surface area contributed by atoms with Gasteiger partial charge in [-0.2, -0.15) is 0 Å². The first-order valence-electron chi connectivity index (χ1n) is 6.59. The van der Waals surface area contributed by atoms with Gasteiger partial charge in [0.05, 0.1) is 5.56 Å². The summed E-state index contributed by atoms with van der Waals surface area (Å²) >= 11 is 7.61. The summed E-state index contributed by atoms with van der Waals surface area (Å²) in [5, 5.41) is 8.45. The molecule has 2 aromatic carbocycles. The molecule has 0 heterocycles. The van der Waals surface area contributed by atoms with E-state index in [1.807, 2.05) is 42.5 Å². The van der Waals surface area contributed by atoms with Crippen molar-refractivity contribution < 1.29 is 4.74 Å². The van der Waals surface area contributed by atoms with Crippen LogP contribution in [0.25, 0.3) is 0 Å². The molecule has 0 radical (unpaired) electrons. The number of nitrogens with two attached hydrogens (primary N) is 1. The second-order valence-electron chi connectivity index (χ2n) is 4.39. The highest BCUT2D eigenvalue weighted by Gasteiger charge is 2.12. The van der Waals surface area contributed by atoms with Crippen LogP contribution in [0.1, 0.15) is 18.1 Å². The highest BCUT2D eigenvalue weighted by atomic mass is 35.5. The molecule has 2 rings (SSSR count). The summed E-state index contributed by atoms with van der Waals surface area (Å²) in [6.07, 6.45) is 0. The van der Waals surface area contributed by atoms with E-state index < -0.39 is 0 Å². The molecule has 3 nitrogen and oxygen atoms in total. The molecular formula is C16H17ClN2OS. The van der Waals surface area contributed by atoms with E-state index in [4.69, 9.17) is 27.5 Å². The molecule has 0 saturated carbocycles. The third-order valence-electron chi connectivity index (χ3n) is 2.84. The quantitative estimate of drug-likeness (QED) is 0.473. The second-order valence-corrected chi connectivity index (χ2v) is 6.14. The van der Waals surface area contributed by atoms with Crippen molar-refractivity contribution in [1.82, 2.24) is 0 Å². The minimum Gasteiger partial charge on any atom is -0.488 e. The van der Waals surface area contributed by atoms with Gasteiger partial charge < -0.3 is 10.5 Å². The van der Waals surface area contributed by atoms with Crippen molar-refractivity contribution in [3.05, 3.63) is 58.6 Å². The highest BCUT2D eigenvalue weighted by Crippen LogP contribution is 2.30. The van der Waals surface area contributed by atoms with E-state index in [0.29, 0.717) is 22.9 Å². The van der Waals surface area contributed by atoms with Gasteiger partial charge in [0.1, 0.15) is 18.2 Å². The number of benzene rings is 2. The Labute approximate surface area is 134 Å². The summed E-state index contributed by atoms with van der Waals surface area (Å²) < 4.78 is 5.83. The number of ether oxygens (including phenoxy) is 1. The molecule has 0 spiro atoms. The van der Waals surface area contributed by atoms with Crippen LogP contribution in [0.2, 0.25) is 5.02 Å². The van der Waals surface area contributed by atoms with Crippen LogP contribution in [0.4, 0.5) is 0 Å². The molecule has 0 saturated heterocycles. The van der Waals surface area contributed by atoms with Gasteiger partial charge in [-0.05, 0) is 35.6 Å². The van der Waals surface area contributed by atoms with E-state index in [0.717, 1.165) is 16.2 Å². The van der Waals surface area contributed by atoms with Crippen LogP contribution in [0.5, 0.6) is 5.75 Å². The molecular weight excluding hydrogens is 304 g/mol.